The maximum Gasteiger partial charge on any atom is 0.405 e. The molecule has 21 heavy (non-hydrogen) atoms. The smallest absolute Gasteiger partial charge is 0.405 e. The topological polar surface area (TPSA) is 78.4 Å². The minimum Gasteiger partial charge on any atom is -0.465 e. The van der Waals surface area contributed by atoms with Gasteiger partial charge in [0, 0.05) is 11.1 Å². The number of terminal acetylenes is 1. The van der Waals surface area contributed by atoms with Gasteiger partial charge in [0.05, 0.1) is 0 Å². The van der Waals surface area contributed by atoms with Crippen LogP contribution in [0.25, 0.3) is 0 Å². The molecule has 3 N–H and O–H groups in total. The number of hydrogen-bond acceptors (Lipinski definition) is 2. The summed E-state index contributed by atoms with van der Waals surface area (Å²) in [6.45, 7) is 5.27. The Kier molecular flexibility index (Phi) is 5.37. The molecule has 2 amide bonds. The number of benzene rings is 1. The van der Waals surface area contributed by atoms with Crippen LogP contribution in [0.3, 0.4) is 0 Å². The summed E-state index contributed by atoms with van der Waals surface area (Å²) in [5, 5.41) is 13.6. The van der Waals surface area contributed by atoms with Gasteiger partial charge in [-0.05, 0) is 44.9 Å². The van der Waals surface area contributed by atoms with E-state index in [1.807, 2.05) is 38.1 Å². The fourth-order valence-corrected chi connectivity index (χ4v) is 1.97. The average Bonchev–Trinajstić information content (AvgIpc) is 2.37. The van der Waals surface area contributed by atoms with E-state index in [1.54, 1.807) is 0 Å². The number of carboxylic acid groups (broad SMARTS) is 1. The summed E-state index contributed by atoms with van der Waals surface area (Å²) in [4.78, 5) is 22.4. The van der Waals surface area contributed by atoms with Gasteiger partial charge in [0.25, 0.3) is 0 Å². The minimum absolute atomic E-state index is 0.359. The van der Waals surface area contributed by atoms with Crippen molar-refractivity contribution in [1.29, 1.82) is 0 Å². The maximum absolute atomic E-state index is 11.9. The zero-order valence-corrected chi connectivity index (χ0v) is 12.4. The van der Waals surface area contributed by atoms with Crippen molar-refractivity contribution in [3.63, 3.8) is 0 Å². The molecule has 0 aliphatic rings. The molecule has 0 aliphatic heterocycles. The van der Waals surface area contributed by atoms with Crippen molar-refractivity contribution in [3.8, 4) is 12.3 Å². The molecule has 5 nitrogen and oxygen atoms in total. The Balaban J connectivity index is 2.66. The first-order chi connectivity index (χ1) is 9.73. The van der Waals surface area contributed by atoms with E-state index >= 15 is 0 Å². The van der Waals surface area contributed by atoms with Crippen molar-refractivity contribution in [2.45, 2.75) is 38.8 Å². The molecule has 0 radical (unpaired) electrons. The molecule has 0 saturated heterocycles. The number of amides is 2. The molecular formula is C16H20N2O3. The number of rotatable bonds is 5. The van der Waals surface area contributed by atoms with E-state index in [9.17, 15) is 9.59 Å². The predicted molar refractivity (Wildman–Crippen MR) is 80.9 cm³/mol. The maximum atomic E-state index is 11.9. The monoisotopic (exact) mass is 288 g/mol. The summed E-state index contributed by atoms with van der Waals surface area (Å²) in [6.07, 6.45) is 4.70. The van der Waals surface area contributed by atoms with E-state index in [0.717, 1.165) is 11.1 Å². The van der Waals surface area contributed by atoms with Crippen molar-refractivity contribution in [3.05, 3.63) is 35.4 Å². The van der Waals surface area contributed by atoms with Crippen LogP contribution in [0.2, 0.25) is 0 Å². The third-order valence-electron chi connectivity index (χ3n) is 2.96. The molecule has 0 aromatic heterocycles. The Morgan fingerprint density at radius 3 is 2.38 bits per heavy atom. The minimum atomic E-state index is -1.22. The van der Waals surface area contributed by atoms with Crippen molar-refractivity contribution in [1.82, 2.24) is 10.6 Å². The van der Waals surface area contributed by atoms with Gasteiger partial charge in [-0.3, -0.25) is 4.79 Å². The van der Waals surface area contributed by atoms with Gasteiger partial charge in [-0.25, -0.2) is 4.79 Å². The van der Waals surface area contributed by atoms with Gasteiger partial charge in [-0.2, -0.15) is 0 Å². The second-order valence-electron chi connectivity index (χ2n) is 5.56. The lowest BCUT2D eigenvalue weighted by molar-refractivity contribution is -0.124. The van der Waals surface area contributed by atoms with Gasteiger partial charge >= 0.3 is 6.09 Å². The van der Waals surface area contributed by atoms with Crippen LogP contribution >= 0.6 is 0 Å². The molecule has 0 bridgehead atoms. The second-order valence-corrected chi connectivity index (χ2v) is 5.56. The highest BCUT2D eigenvalue weighted by molar-refractivity contribution is 5.85. The van der Waals surface area contributed by atoms with Gasteiger partial charge in [0.2, 0.25) is 5.91 Å². The molecule has 112 valence electrons. The lowest BCUT2D eigenvalue weighted by Crippen LogP contribution is -2.52. The Labute approximate surface area is 124 Å². The Morgan fingerprint density at radius 2 is 1.90 bits per heavy atom. The molecule has 1 unspecified atom stereocenters. The largest absolute Gasteiger partial charge is 0.465 e. The Morgan fingerprint density at radius 1 is 1.33 bits per heavy atom. The average molecular weight is 288 g/mol. The fraction of sp³-hybridized carbons (Fsp3) is 0.375. The molecule has 0 fully saturated rings. The summed E-state index contributed by atoms with van der Waals surface area (Å²) in [6, 6.07) is 6.74. The lowest BCUT2D eigenvalue weighted by Gasteiger charge is -2.28. The van der Waals surface area contributed by atoms with Gasteiger partial charge in [-0.1, -0.05) is 18.1 Å². The van der Waals surface area contributed by atoms with Crippen molar-refractivity contribution in [2.24, 2.45) is 0 Å². The van der Waals surface area contributed by atoms with Crippen LogP contribution in [0.5, 0.6) is 0 Å². The standard InChI is InChI=1S/C16H20N2O3/c1-5-12-6-8-13(9-7-12)10-16(3,4)18-14(19)11(2)17-15(20)21/h1,6-9,11,17H,10H2,2-4H3,(H,18,19)(H,20,21). The van der Waals surface area contributed by atoms with E-state index in [-0.39, 0.29) is 5.91 Å². The van der Waals surface area contributed by atoms with E-state index in [2.05, 4.69) is 16.6 Å². The molecule has 0 heterocycles. The zero-order chi connectivity index (χ0) is 16.0. The molecule has 1 atom stereocenters. The number of carbonyl (C=O) groups excluding carboxylic acids is 1. The molecule has 1 aromatic carbocycles. The van der Waals surface area contributed by atoms with Crippen molar-refractivity contribution < 1.29 is 14.7 Å². The molecule has 0 saturated carbocycles. The summed E-state index contributed by atoms with van der Waals surface area (Å²) < 4.78 is 0. The first-order valence-electron chi connectivity index (χ1n) is 6.60. The quantitative estimate of drug-likeness (QED) is 0.722. The number of nitrogens with one attached hydrogen (secondary N) is 2. The van der Waals surface area contributed by atoms with Crippen LogP contribution in [-0.2, 0) is 11.2 Å². The van der Waals surface area contributed by atoms with Crippen LogP contribution in [0.15, 0.2) is 24.3 Å². The highest BCUT2D eigenvalue weighted by Crippen LogP contribution is 2.13. The summed E-state index contributed by atoms with van der Waals surface area (Å²) in [5.74, 6) is 2.19. The van der Waals surface area contributed by atoms with Crippen molar-refractivity contribution in [2.75, 3.05) is 0 Å². The third kappa shape index (κ3) is 5.57. The molecule has 1 aromatic rings. The Bertz CT molecular complexity index is 556. The lowest BCUT2D eigenvalue weighted by atomic mass is 9.94. The van der Waals surface area contributed by atoms with Gasteiger partial charge < -0.3 is 15.7 Å². The first kappa shape index (κ1) is 16.6. The molecule has 5 heteroatoms. The van der Waals surface area contributed by atoms with E-state index < -0.39 is 17.7 Å². The van der Waals surface area contributed by atoms with Crippen LogP contribution in [0.1, 0.15) is 31.9 Å². The Hall–Kier alpha value is -2.48. The van der Waals surface area contributed by atoms with Gasteiger partial charge in [-0.15, -0.1) is 6.42 Å². The van der Waals surface area contributed by atoms with Crippen molar-refractivity contribution >= 4 is 12.0 Å². The van der Waals surface area contributed by atoms with Gasteiger partial charge in [0.1, 0.15) is 6.04 Å². The van der Waals surface area contributed by atoms with E-state index in [0.29, 0.717) is 6.42 Å². The summed E-state index contributed by atoms with van der Waals surface area (Å²) >= 11 is 0. The highest BCUT2D eigenvalue weighted by atomic mass is 16.4. The zero-order valence-electron chi connectivity index (χ0n) is 12.4. The van der Waals surface area contributed by atoms with Crippen LogP contribution in [0.4, 0.5) is 4.79 Å². The van der Waals surface area contributed by atoms with Crippen LogP contribution in [-0.4, -0.2) is 28.7 Å². The normalized spacial score (nSPS) is 12.1. The van der Waals surface area contributed by atoms with Crippen LogP contribution < -0.4 is 10.6 Å². The molecule has 0 spiro atoms. The summed E-state index contributed by atoms with van der Waals surface area (Å²) in [7, 11) is 0. The number of hydrogen-bond donors (Lipinski definition) is 3. The highest BCUT2D eigenvalue weighted by Gasteiger charge is 2.24. The SMILES string of the molecule is C#Cc1ccc(CC(C)(C)NC(=O)C(C)NC(=O)O)cc1. The molecule has 0 aliphatic carbocycles. The molecular weight excluding hydrogens is 268 g/mol. The predicted octanol–water partition coefficient (Wildman–Crippen LogP) is 1.76. The second kappa shape index (κ2) is 6.80. The van der Waals surface area contributed by atoms with Gasteiger partial charge in [0.15, 0.2) is 0 Å². The first-order valence-corrected chi connectivity index (χ1v) is 6.60. The summed E-state index contributed by atoms with van der Waals surface area (Å²) in [5.41, 5.74) is 1.35. The fourth-order valence-electron chi connectivity index (χ4n) is 1.97. The van der Waals surface area contributed by atoms with E-state index in [4.69, 9.17) is 11.5 Å². The van der Waals surface area contributed by atoms with E-state index in [1.165, 1.54) is 6.92 Å². The van der Waals surface area contributed by atoms with Crippen LogP contribution in [0, 0.1) is 12.3 Å². The number of carbonyl (C=O) groups is 2. The molecule has 1 rings (SSSR count). The third-order valence-corrected chi connectivity index (χ3v) is 2.96.